The van der Waals surface area contributed by atoms with E-state index in [-0.39, 0.29) is 10.5 Å². The van der Waals surface area contributed by atoms with E-state index in [1.54, 1.807) is 0 Å². The molecule has 1 N–H and O–H groups in total. The van der Waals surface area contributed by atoms with Gasteiger partial charge in [-0.05, 0) is 47.4 Å². The number of amides is 1. The number of nitrogens with zero attached hydrogens (tertiary/aromatic N) is 1. The first-order valence-corrected chi connectivity index (χ1v) is 12.0. The van der Waals surface area contributed by atoms with Gasteiger partial charge in [0.2, 0.25) is 10.0 Å². The molecular formula is C25H24N2O5S. The number of fused-ring (bicyclic) bond motifs is 1. The molecule has 0 aromatic heterocycles. The third-order valence-electron chi connectivity index (χ3n) is 5.49. The lowest BCUT2D eigenvalue weighted by Crippen LogP contribution is -2.35. The average Bonchev–Trinajstić information content (AvgIpc) is 2.86. The number of sulfonamides is 1. The fraction of sp³-hybridized carbons (Fsp3) is 0.200. The Hall–Kier alpha value is -3.49. The summed E-state index contributed by atoms with van der Waals surface area (Å²) < 4.78 is 32.6. The molecule has 33 heavy (non-hydrogen) atoms. The molecule has 4 rings (SSSR count). The van der Waals surface area contributed by atoms with E-state index in [0.29, 0.717) is 26.1 Å². The Morgan fingerprint density at radius 1 is 0.879 bits per heavy atom. The molecule has 1 aliphatic heterocycles. The van der Waals surface area contributed by atoms with Crippen LogP contribution < -0.4 is 5.32 Å². The molecule has 0 spiro atoms. The quantitative estimate of drug-likeness (QED) is 0.543. The first-order chi connectivity index (χ1) is 15.9. The minimum Gasteiger partial charge on any atom is -0.452 e. The van der Waals surface area contributed by atoms with E-state index in [1.807, 2.05) is 54.6 Å². The zero-order valence-electron chi connectivity index (χ0n) is 17.9. The number of esters is 1. The van der Waals surface area contributed by atoms with Gasteiger partial charge >= 0.3 is 5.97 Å². The van der Waals surface area contributed by atoms with Crippen molar-refractivity contribution in [3.05, 3.63) is 101 Å². The first-order valence-electron chi connectivity index (χ1n) is 10.6. The monoisotopic (exact) mass is 464 g/mol. The molecule has 1 heterocycles. The molecule has 1 aliphatic rings. The lowest BCUT2D eigenvalue weighted by molar-refractivity contribution is -0.124. The van der Waals surface area contributed by atoms with E-state index in [2.05, 4.69) is 5.32 Å². The second kappa shape index (κ2) is 9.97. The Bertz CT molecular complexity index is 1240. The number of rotatable bonds is 7. The number of carbonyl (C=O) groups excluding carboxylic acids is 2. The number of nitrogens with one attached hydrogen (secondary N) is 1. The molecule has 170 valence electrons. The third-order valence-corrected chi connectivity index (χ3v) is 7.35. The highest BCUT2D eigenvalue weighted by Crippen LogP contribution is 2.25. The maximum atomic E-state index is 13.0. The Morgan fingerprint density at radius 2 is 1.55 bits per heavy atom. The molecule has 0 radical (unpaired) electrons. The van der Waals surface area contributed by atoms with Crippen molar-refractivity contribution >= 4 is 21.9 Å². The summed E-state index contributed by atoms with van der Waals surface area (Å²) >= 11 is 0. The molecule has 8 heteroatoms. The lowest BCUT2D eigenvalue weighted by atomic mass is 10.0. The molecule has 0 bridgehead atoms. The predicted octanol–water partition coefficient (Wildman–Crippen LogP) is 2.91. The highest BCUT2D eigenvalue weighted by molar-refractivity contribution is 7.89. The largest absolute Gasteiger partial charge is 0.452 e. The van der Waals surface area contributed by atoms with E-state index >= 15 is 0 Å². The Balaban J connectivity index is 1.32. The molecule has 7 nitrogen and oxygen atoms in total. The predicted molar refractivity (Wildman–Crippen MR) is 123 cm³/mol. The standard InChI is InChI=1S/C25H24N2O5S/c28-24(26-16-19-6-2-1-3-7-19)18-32-25(29)21-10-12-23(13-11-21)33(30,31)27-15-14-20-8-4-5-9-22(20)17-27/h1-13H,14-18H2,(H,26,28). The molecule has 0 saturated heterocycles. The van der Waals surface area contributed by atoms with Crippen molar-refractivity contribution < 1.29 is 22.7 Å². The van der Waals surface area contributed by atoms with Gasteiger partial charge in [0.05, 0.1) is 10.5 Å². The van der Waals surface area contributed by atoms with Gasteiger partial charge in [-0.25, -0.2) is 13.2 Å². The van der Waals surface area contributed by atoms with Gasteiger partial charge in [0.1, 0.15) is 0 Å². The second-order valence-corrected chi connectivity index (χ2v) is 9.66. The van der Waals surface area contributed by atoms with E-state index in [0.717, 1.165) is 16.7 Å². The second-order valence-electron chi connectivity index (χ2n) is 7.72. The van der Waals surface area contributed by atoms with Crippen LogP contribution in [0.5, 0.6) is 0 Å². The maximum absolute atomic E-state index is 13.0. The van der Waals surface area contributed by atoms with Crippen molar-refractivity contribution in [1.29, 1.82) is 0 Å². The number of hydrogen-bond acceptors (Lipinski definition) is 5. The van der Waals surface area contributed by atoms with Gasteiger partial charge in [-0.3, -0.25) is 4.79 Å². The molecule has 0 saturated carbocycles. The number of hydrogen-bond donors (Lipinski definition) is 1. The molecule has 0 atom stereocenters. The summed E-state index contributed by atoms with van der Waals surface area (Å²) in [5, 5.41) is 2.68. The molecule has 1 amide bonds. The Morgan fingerprint density at radius 3 is 2.27 bits per heavy atom. The highest BCUT2D eigenvalue weighted by atomic mass is 32.2. The van der Waals surface area contributed by atoms with Gasteiger partial charge in [0, 0.05) is 19.6 Å². The van der Waals surface area contributed by atoms with Crippen LogP contribution in [0.1, 0.15) is 27.0 Å². The number of ether oxygens (including phenoxy) is 1. The number of carbonyl (C=O) groups is 2. The van der Waals surface area contributed by atoms with Crippen LogP contribution in [0.25, 0.3) is 0 Å². The number of benzene rings is 3. The summed E-state index contributed by atoms with van der Waals surface area (Å²) in [6, 6.07) is 22.8. The van der Waals surface area contributed by atoms with Crippen LogP contribution in [0.4, 0.5) is 0 Å². The molecule has 3 aromatic rings. The van der Waals surface area contributed by atoms with Crippen molar-refractivity contribution in [2.75, 3.05) is 13.2 Å². The zero-order chi connectivity index (χ0) is 23.3. The van der Waals surface area contributed by atoms with Crippen molar-refractivity contribution in [1.82, 2.24) is 9.62 Å². The van der Waals surface area contributed by atoms with Crippen LogP contribution in [-0.2, 0) is 39.1 Å². The molecule has 0 aliphatic carbocycles. The summed E-state index contributed by atoms with van der Waals surface area (Å²) in [4.78, 5) is 24.3. The highest BCUT2D eigenvalue weighted by Gasteiger charge is 2.28. The fourth-order valence-electron chi connectivity index (χ4n) is 3.65. The minimum absolute atomic E-state index is 0.110. The van der Waals surface area contributed by atoms with Gasteiger partial charge in [-0.1, -0.05) is 54.6 Å². The van der Waals surface area contributed by atoms with Crippen molar-refractivity contribution in [3.8, 4) is 0 Å². The van der Waals surface area contributed by atoms with E-state index in [1.165, 1.54) is 28.6 Å². The van der Waals surface area contributed by atoms with Gasteiger partial charge < -0.3 is 10.1 Å². The molecule has 3 aromatic carbocycles. The SMILES string of the molecule is O=C(COC(=O)c1ccc(S(=O)(=O)N2CCc3ccccc3C2)cc1)NCc1ccccc1. The van der Waals surface area contributed by atoms with Crippen LogP contribution in [-0.4, -0.2) is 37.8 Å². The topological polar surface area (TPSA) is 92.8 Å². The fourth-order valence-corrected chi connectivity index (χ4v) is 5.07. The summed E-state index contributed by atoms with van der Waals surface area (Å²) in [5.41, 5.74) is 3.27. The van der Waals surface area contributed by atoms with E-state index in [4.69, 9.17) is 4.74 Å². The Kier molecular flexibility index (Phi) is 6.86. The van der Waals surface area contributed by atoms with Crippen LogP contribution in [0.2, 0.25) is 0 Å². The average molecular weight is 465 g/mol. The van der Waals surface area contributed by atoms with Crippen molar-refractivity contribution in [2.24, 2.45) is 0 Å². The Labute approximate surface area is 193 Å². The van der Waals surface area contributed by atoms with Gasteiger partial charge in [0.15, 0.2) is 6.61 Å². The zero-order valence-corrected chi connectivity index (χ0v) is 18.8. The third kappa shape index (κ3) is 5.47. The van der Waals surface area contributed by atoms with Crippen LogP contribution >= 0.6 is 0 Å². The van der Waals surface area contributed by atoms with Crippen molar-refractivity contribution in [3.63, 3.8) is 0 Å². The molecular weight excluding hydrogens is 440 g/mol. The van der Waals surface area contributed by atoms with E-state index < -0.39 is 28.5 Å². The summed E-state index contributed by atoms with van der Waals surface area (Å²) in [7, 11) is -3.69. The van der Waals surface area contributed by atoms with Crippen LogP contribution in [0.15, 0.2) is 83.8 Å². The van der Waals surface area contributed by atoms with Gasteiger partial charge in [-0.2, -0.15) is 4.31 Å². The first kappa shape index (κ1) is 22.7. The maximum Gasteiger partial charge on any atom is 0.338 e. The van der Waals surface area contributed by atoms with Gasteiger partial charge in [-0.15, -0.1) is 0 Å². The van der Waals surface area contributed by atoms with Gasteiger partial charge in [0.25, 0.3) is 5.91 Å². The summed E-state index contributed by atoms with van der Waals surface area (Å²) in [5.74, 6) is -1.11. The van der Waals surface area contributed by atoms with Crippen molar-refractivity contribution in [2.45, 2.75) is 24.4 Å². The smallest absolute Gasteiger partial charge is 0.338 e. The van der Waals surface area contributed by atoms with Crippen LogP contribution in [0.3, 0.4) is 0 Å². The summed E-state index contributed by atoms with van der Waals surface area (Å²) in [6.07, 6.45) is 0.659. The summed E-state index contributed by atoms with van der Waals surface area (Å²) in [6.45, 7) is 0.644. The minimum atomic E-state index is -3.69. The molecule has 0 fully saturated rings. The normalized spacial score (nSPS) is 13.7. The lowest BCUT2D eigenvalue weighted by Gasteiger charge is -2.28. The van der Waals surface area contributed by atoms with E-state index in [9.17, 15) is 18.0 Å². The molecule has 0 unspecified atom stereocenters. The van der Waals surface area contributed by atoms with Crippen LogP contribution in [0, 0.1) is 0 Å².